The Morgan fingerprint density at radius 1 is 1.17 bits per heavy atom. The number of piperidine rings is 2. The molecule has 2 rings (SSSR count). The fourth-order valence-electron chi connectivity index (χ4n) is 3.83. The van der Waals surface area contributed by atoms with Crippen molar-refractivity contribution in [2.24, 2.45) is 0 Å². The van der Waals surface area contributed by atoms with Crippen molar-refractivity contribution >= 4 is 6.03 Å². The van der Waals surface area contributed by atoms with Gasteiger partial charge in [-0.15, -0.1) is 0 Å². The predicted molar refractivity (Wildman–Crippen MR) is 97.2 cm³/mol. The van der Waals surface area contributed by atoms with Gasteiger partial charge in [0.2, 0.25) is 0 Å². The lowest BCUT2D eigenvalue weighted by Crippen LogP contribution is -2.53. The van der Waals surface area contributed by atoms with Crippen LogP contribution in [-0.4, -0.2) is 89.8 Å². The van der Waals surface area contributed by atoms with E-state index in [1.807, 2.05) is 6.92 Å². The number of rotatable bonds is 5. The van der Waals surface area contributed by atoms with Crippen LogP contribution < -0.4 is 5.32 Å². The van der Waals surface area contributed by atoms with E-state index in [4.69, 9.17) is 0 Å². The number of aliphatic hydroxyl groups is 1. The van der Waals surface area contributed by atoms with Crippen LogP contribution >= 0.6 is 0 Å². The molecule has 0 aromatic rings. The van der Waals surface area contributed by atoms with Crippen LogP contribution in [0, 0.1) is 0 Å². The first-order valence-electron chi connectivity index (χ1n) is 9.49. The number of urea groups is 1. The summed E-state index contributed by atoms with van der Waals surface area (Å²) in [4.78, 5) is 19.1. The van der Waals surface area contributed by atoms with E-state index in [0.29, 0.717) is 13.1 Å². The maximum atomic E-state index is 12.4. The van der Waals surface area contributed by atoms with Crippen molar-refractivity contribution < 1.29 is 9.90 Å². The molecule has 6 nitrogen and oxygen atoms in total. The van der Waals surface area contributed by atoms with E-state index >= 15 is 0 Å². The lowest BCUT2D eigenvalue weighted by molar-refractivity contribution is 0.0463. The number of likely N-dealkylation sites (tertiary alicyclic amines) is 2. The van der Waals surface area contributed by atoms with Gasteiger partial charge in [-0.1, -0.05) is 0 Å². The predicted octanol–water partition coefficient (Wildman–Crippen LogP) is 1.35. The average molecular weight is 341 g/mol. The van der Waals surface area contributed by atoms with Crippen LogP contribution in [0.25, 0.3) is 0 Å². The molecule has 6 heteroatoms. The maximum absolute atomic E-state index is 12.4. The lowest BCUT2D eigenvalue weighted by atomic mass is 9.98. The molecule has 2 fully saturated rings. The first-order chi connectivity index (χ1) is 11.3. The molecular formula is C18H36N4O2. The van der Waals surface area contributed by atoms with Crippen molar-refractivity contribution in [3.05, 3.63) is 0 Å². The molecule has 0 aliphatic carbocycles. The molecule has 2 N–H and O–H groups in total. The van der Waals surface area contributed by atoms with Gasteiger partial charge >= 0.3 is 6.03 Å². The number of nitrogens with one attached hydrogen (secondary N) is 1. The highest BCUT2D eigenvalue weighted by Gasteiger charge is 2.29. The molecular weight excluding hydrogens is 304 g/mol. The van der Waals surface area contributed by atoms with Gasteiger partial charge in [0.1, 0.15) is 0 Å². The standard InChI is InChI=1S/C18H36N4O2/c1-5-21(14-18(2,3)24)17(23)19-15-6-12-22(13-7-15)16-8-10-20(4)11-9-16/h15-16,24H,5-14H2,1-4H3,(H,19,23). The van der Waals surface area contributed by atoms with Crippen molar-refractivity contribution in [2.75, 3.05) is 46.3 Å². The number of nitrogens with zero attached hydrogens (tertiary/aromatic N) is 3. The summed E-state index contributed by atoms with van der Waals surface area (Å²) >= 11 is 0. The second-order valence-corrected chi connectivity index (χ2v) is 8.12. The summed E-state index contributed by atoms with van der Waals surface area (Å²) in [6, 6.07) is 0.938. The molecule has 0 saturated carbocycles. The van der Waals surface area contributed by atoms with Crippen molar-refractivity contribution in [3.63, 3.8) is 0 Å². The lowest BCUT2D eigenvalue weighted by Gasteiger charge is -2.41. The molecule has 2 heterocycles. The highest BCUT2D eigenvalue weighted by molar-refractivity contribution is 5.74. The van der Waals surface area contributed by atoms with Crippen molar-refractivity contribution in [1.29, 1.82) is 0 Å². The molecule has 2 aliphatic rings. The average Bonchev–Trinajstić information content (AvgIpc) is 2.53. The van der Waals surface area contributed by atoms with Gasteiger partial charge in [-0.2, -0.15) is 0 Å². The van der Waals surface area contributed by atoms with E-state index in [9.17, 15) is 9.90 Å². The Morgan fingerprint density at radius 2 is 1.75 bits per heavy atom. The molecule has 2 amide bonds. The number of carbonyl (C=O) groups excluding carboxylic acids is 1. The number of hydrogen-bond donors (Lipinski definition) is 2. The van der Waals surface area contributed by atoms with Gasteiger partial charge in [0, 0.05) is 31.7 Å². The van der Waals surface area contributed by atoms with E-state index < -0.39 is 5.60 Å². The van der Waals surface area contributed by atoms with Crippen LogP contribution in [0.1, 0.15) is 46.5 Å². The third-order valence-electron chi connectivity index (χ3n) is 5.31. The van der Waals surface area contributed by atoms with Crippen LogP contribution in [0.3, 0.4) is 0 Å². The molecule has 2 saturated heterocycles. The van der Waals surface area contributed by atoms with Gasteiger partial charge in [-0.25, -0.2) is 4.79 Å². The first-order valence-corrected chi connectivity index (χ1v) is 9.49. The molecule has 0 unspecified atom stereocenters. The monoisotopic (exact) mass is 340 g/mol. The zero-order valence-electron chi connectivity index (χ0n) is 15.9. The van der Waals surface area contributed by atoms with E-state index in [1.165, 1.54) is 25.9 Å². The summed E-state index contributed by atoms with van der Waals surface area (Å²) < 4.78 is 0. The van der Waals surface area contributed by atoms with E-state index in [1.54, 1.807) is 18.7 Å². The maximum Gasteiger partial charge on any atom is 0.317 e. The summed E-state index contributed by atoms with van der Waals surface area (Å²) in [5.41, 5.74) is -0.856. The third kappa shape index (κ3) is 5.90. The fourth-order valence-corrected chi connectivity index (χ4v) is 3.83. The molecule has 2 aliphatic heterocycles. The van der Waals surface area contributed by atoms with Gasteiger partial charge in [-0.05, 0) is 66.6 Å². The van der Waals surface area contributed by atoms with Crippen molar-refractivity contribution in [2.45, 2.75) is 64.1 Å². The first kappa shape index (κ1) is 19.5. The number of hydrogen-bond acceptors (Lipinski definition) is 4. The Balaban J connectivity index is 1.74. The van der Waals surface area contributed by atoms with E-state index in [-0.39, 0.29) is 12.1 Å². The highest BCUT2D eigenvalue weighted by Crippen LogP contribution is 2.20. The topological polar surface area (TPSA) is 59.1 Å². The Bertz CT molecular complexity index is 394. The van der Waals surface area contributed by atoms with Crippen LogP contribution in [0.15, 0.2) is 0 Å². The summed E-state index contributed by atoms with van der Waals surface area (Å²) in [7, 11) is 2.20. The Kier molecular flexibility index (Phi) is 6.89. The Labute approximate surface area is 147 Å². The largest absolute Gasteiger partial charge is 0.389 e. The highest BCUT2D eigenvalue weighted by atomic mass is 16.3. The molecule has 24 heavy (non-hydrogen) atoms. The zero-order chi connectivity index (χ0) is 17.7. The minimum Gasteiger partial charge on any atom is -0.389 e. The molecule has 0 spiro atoms. The van der Waals surface area contributed by atoms with Gasteiger partial charge in [-0.3, -0.25) is 0 Å². The molecule has 140 valence electrons. The summed E-state index contributed by atoms with van der Waals surface area (Å²) in [6.07, 6.45) is 4.59. The van der Waals surface area contributed by atoms with Crippen LogP contribution in [0.2, 0.25) is 0 Å². The van der Waals surface area contributed by atoms with Crippen LogP contribution in [0.4, 0.5) is 4.79 Å². The van der Waals surface area contributed by atoms with Crippen molar-refractivity contribution in [3.8, 4) is 0 Å². The fraction of sp³-hybridized carbons (Fsp3) is 0.944. The second kappa shape index (κ2) is 8.50. The molecule has 0 bridgehead atoms. The molecule has 0 aromatic carbocycles. The quantitative estimate of drug-likeness (QED) is 0.793. The number of likely N-dealkylation sites (N-methyl/N-ethyl adjacent to an activating group) is 1. The molecule has 0 atom stereocenters. The Hall–Kier alpha value is -0.850. The molecule has 0 aromatic heterocycles. The summed E-state index contributed by atoms with van der Waals surface area (Å²) in [6.45, 7) is 11.0. The van der Waals surface area contributed by atoms with E-state index in [0.717, 1.165) is 32.0 Å². The van der Waals surface area contributed by atoms with Gasteiger partial charge in [0.15, 0.2) is 0 Å². The summed E-state index contributed by atoms with van der Waals surface area (Å²) in [5.74, 6) is 0. The van der Waals surface area contributed by atoms with Crippen LogP contribution in [0.5, 0.6) is 0 Å². The normalized spacial score (nSPS) is 22.5. The molecule has 0 radical (unpaired) electrons. The number of carbonyl (C=O) groups is 1. The van der Waals surface area contributed by atoms with Crippen molar-refractivity contribution in [1.82, 2.24) is 20.0 Å². The minimum atomic E-state index is -0.856. The van der Waals surface area contributed by atoms with Gasteiger partial charge < -0.3 is 25.1 Å². The Morgan fingerprint density at radius 3 is 2.25 bits per heavy atom. The SMILES string of the molecule is CCN(CC(C)(C)O)C(=O)NC1CCN(C2CCN(C)CC2)CC1. The second-order valence-electron chi connectivity index (χ2n) is 8.12. The third-order valence-corrected chi connectivity index (χ3v) is 5.31. The smallest absolute Gasteiger partial charge is 0.317 e. The van der Waals surface area contributed by atoms with Gasteiger partial charge in [0.25, 0.3) is 0 Å². The van der Waals surface area contributed by atoms with Gasteiger partial charge in [0.05, 0.1) is 12.1 Å². The van der Waals surface area contributed by atoms with Crippen LogP contribution in [-0.2, 0) is 0 Å². The zero-order valence-corrected chi connectivity index (χ0v) is 15.9. The number of amides is 2. The van der Waals surface area contributed by atoms with E-state index in [2.05, 4.69) is 22.2 Å². The summed E-state index contributed by atoms with van der Waals surface area (Å²) in [5, 5.41) is 13.1. The minimum absolute atomic E-state index is 0.0441.